The second-order valence-electron chi connectivity index (χ2n) is 3.01. The molecule has 70 valence electrons. The van der Waals surface area contributed by atoms with E-state index >= 15 is 0 Å². The summed E-state index contributed by atoms with van der Waals surface area (Å²) in [7, 11) is 0. The van der Waals surface area contributed by atoms with Gasteiger partial charge in [0.05, 0.1) is 0 Å². The molecule has 3 nitrogen and oxygen atoms in total. The average molecular weight is 186 g/mol. The Balaban J connectivity index is 2.52. The number of para-hydroxylation sites is 1. The summed E-state index contributed by atoms with van der Waals surface area (Å²) in [5.41, 5.74) is 0.954. The summed E-state index contributed by atoms with van der Waals surface area (Å²) in [6, 6.07) is 9.68. The first-order valence-electron chi connectivity index (χ1n) is 4.39. The third-order valence-corrected chi connectivity index (χ3v) is 1.99. The molecule has 3 heteroatoms. The first-order valence-corrected chi connectivity index (χ1v) is 4.39. The zero-order valence-corrected chi connectivity index (χ0v) is 7.84. The van der Waals surface area contributed by atoms with Crippen LogP contribution in [0, 0.1) is 0 Å². The highest BCUT2D eigenvalue weighted by molar-refractivity contribution is 5.91. The lowest BCUT2D eigenvalue weighted by atomic mass is 10.3. The van der Waals surface area contributed by atoms with Crippen LogP contribution in [0.4, 0.5) is 0 Å². The van der Waals surface area contributed by atoms with E-state index in [-0.39, 0.29) is 5.78 Å². The Kier molecular flexibility index (Phi) is 2.14. The number of imidazole rings is 1. The van der Waals surface area contributed by atoms with E-state index in [9.17, 15) is 4.79 Å². The number of hydrogen-bond acceptors (Lipinski definition) is 2. The van der Waals surface area contributed by atoms with E-state index in [1.54, 1.807) is 17.0 Å². The molecule has 0 aliphatic heterocycles. The molecular formula is C11H10N2O. The Hall–Kier alpha value is -1.90. The van der Waals surface area contributed by atoms with Crippen molar-refractivity contribution in [2.75, 3.05) is 0 Å². The molecule has 0 radical (unpaired) electrons. The van der Waals surface area contributed by atoms with Crippen molar-refractivity contribution in [3.05, 3.63) is 48.5 Å². The predicted molar refractivity (Wildman–Crippen MR) is 53.6 cm³/mol. The fourth-order valence-electron chi connectivity index (χ4n) is 1.36. The van der Waals surface area contributed by atoms with Crippen LogP contribution >= 0.6 is 0 Å². The van der Waals surface area contributed by atoms with E-state index in [1.165, 1.54) is 6.92 Å². The van der Waals surface area contributed by atoms with Crippen LogP contribution in [0.1, 0.15) is 17.5 Å². The summed E-state index contributed by atoms with van der Waals surface area (Å²) in [6.45, 7) is 1.52. The molecule has 0 atom stereocenters. The van der Waals surface area contributed by atoms with Crippen LogP contribution in [-0.2, 0) is 0 Å². The summed E-state index contributed by atoms with van der Waals surface area (Å²) >= 11 is 0. The predicted octanol–water partition coefficient (Wildman–Crippen LogP) is 2.07. The van der Waals surface area contributed by atoms with Crippen molar-refractivity contribution >= 4 is 5.78 Å². The molecule has 0 bridgehead atoms. The third-order valence-electron chi connectivity index (χ3n) is 1.99. The van der Waals surface area contributed by atoms with Gasteiger partial charge >= 0.3 is 0 Å². The standard InChI is InChI=1S/C11H10N2O/c1-9(14)11-12-7-8-13(11)10-5-3-2-4-6-10/h2-8H,1H3. The van der Waals surface area contributed by atoms with Crippen LogP contribution in [0.15, 0.2) is 42.7 Å². The second kappa shape index (κ2) is 3.46. The fourth-order valence-corrected chi connectivity index (χ4v) is 1.36. The van der Waals surface area contributed by atoms with E-state index in [4.69, 9.17) is 0 Å². The topological polar surface area (TPSA) is 34.9 Å². The van der Waals surface area contributed by atoms with E-state index in [0.717, 1.165) is 5.69 Å². The molecule has 0 N–H and O–H groups in total. The van der Waals surface area contributed by atoms with E-state index < -0.39 is 0 Å². The molecular weight excluding hydrogens is 176 g/mol. The van der Waals surface area contributed by atoms with Crippen molar-refractivity contribution in [2.45, 2.75) is 6.92 Å². The number of ketones is 1. The van der Waals surface area contributed by atoms with Crippen molar-refractivity contribution in [2.24, 2.45) is 0 Å². The molecule has 0 fully saturated rings. The SMILES string of the molecule is CC(=O)c1nccn1-c1ccccc1. The maximum atomic E-state index is 11.2. The number of aromatic nitrogens is 2. The summed E-state index contributed by atoms with van der Waals surface area (Å²) < 4.78 is 1.78. The fraction of sp³-hybridized carbons (Fsp3) is 0.0909. The first kappa shape index (κ1) is 8.69. The largest absolute Gasteiger partial charge is 0.297 e. The lowest BCUT2D eigenvalue weighted by Gasteiger charge is -2.04. The molecule has 2 aromatic rings. The maximum Gasteiger partial charge on any atom is 0.195 e. The van der Waals surface area contributed by atoms with Gasteiger partial charge in [-0.3, -0.25) is 9.36 Å². The zero-order chi connectivity index (χ0) is 9.97. The van der Waals surface area contributed by atoms with Crippen LogP contribution < -0.4 is 0 Å². The third kappa shape index (κ3) is 1.44. The second-order valence-corrected chi connectivity index (χ2v) is 3.01. The smallest absolute Gasteiger partial charge is 0.195 e. The van der Waals surface area contributed by atoms with Gasteiger partial charge in [-0.2, -0.15) is 0 Å². The van der Waals surface area contributed by atoms with Crippen molar-refractivity contribution in [3.63, 3.8) is 0 Å². The van der Waals surface area contributed by atoms with Crippen LogP contribution in [0.3, 0.4) is 0 Å². The number of carbonyl (C=O) groups excluding carboxylic acids is 1. The van der Waals surface area contributed by atoms with Crippen molar-refractivity contribution in [1.29, 1.82) is 0 Å². The van der Waals surface area contributed by atoms with Gasteiger partial charge in [0, 0.05) is 25.0 Å². The monoisotopic (exact) mass is 186 g/mol. The van der Waals surface area contributed by atoms with Gasteiger partial charge in [0.1, 0.15) is 0 Å². The normalized spacial score (nSPS) is 10.1. The molecule has 0 unspecified atom stereocenters. The molecule has 0 spiro atoms. The number of carbonyl (C=O) groups is 1. The highest BCUT2D eigenvalue weighted by atomic mass is 16.1. The highest BCUT2D eigenvalue weighted by Crippen LogP contribution is 2.09. The van der Waals surface area contributed by atoms with E-state index in [2.05, 4.69) is 4.98 Å². The lowest BCUT2D eigenvalue weighted by Crippen LogP contribution is -2.04. The Morgan fingerprint density at radius 2 is 2.00 bits per heavy atom. The highest BCUT2D eigenvalue weighted by Gasteiger charge is 2.07. The molecule has 1 heterocycles. The van der Waals surface area contributed by atoms with E-state index in [0.29, 0.717) is 5.82 Å². The number of hydrogen-bond donors (Lipinski definition) is 0. The minimum Gasteiger partial charge on any atom is -0.297 e. The van der Waals surface area contributed by atoms with Crippen LogP contribution in [0.25, 0.3) is 5.69 Å². The molecule has 2 rings (SSSR count). The lowest BCUT2D eigenvalue weighted by molar-refractivity contribution is 0.100. The summed E-state index contributed by atoms with van der Waals surface area (Å²) in [5.74, 6) is 0.440. The molecule has 0 saturated carbocycles. The van der Waals surface area contributed by atoms with Gasteiger partial charge < -0.3 is 0 Å². The van der Waals surface area contributed by atoms with E-state index in [1.807, 2.05) is 30.3 Å². The number of nitrogens with zero attached hydrogens (tertiary/aromatic N) is 2. The van der Waals surface area contributed by atoms with Gasteiger partial charge in [-0.25, -0.2) is 4.98 Å². The average Bonchev–Trinajstić information content (AvgIpc) is 2.67. The van der Waals surface area contributed by atoms with Gasteiger partial charge in [0.25, 0.3) is 0 Å². The van der Waals surface area contributed by atoms with Crippen molar-refractivity contribution in [1.82, 2.24) is 9.55 Å². The molecule has 0 aliphatic carbocycles. The van der Waals surface area contributed by atoms with Crippen molar-refractivity contribution in [3.8, 4) is 5.69 Å². The molecule has 1 aromatic heterocycles. The minimum atomic E-state index is -0.0288. The molecule has 0 aliphatic rings. The quantitative estimate of drug-likeness (QED) is 0.673. The van der Waals surface area contributed by atoms with Gasteiger partial charge in [-0.05, 0) is 12.1 Å². The number of benzene rings is 1. The first-order chi connectivity index (χ1) is 6.79. The Morgan fingerprint density at radius 3 is 2.64 bits per heavy atom. The maximum absolute atomic E-state index is 11.2. The number of rotatable bonds is 2. The van der Waals surface area contributed by atoms with Gasteiger partial charge in [0.15, 0.2) is 11.6 Å². The van der Waals surface area contributed by atoms with Gasteiger partial charge in [0.2, 0.25) is 0 Å². The Morgan fingerprint density at radius 1 is 1.29 bits per heavy atom. The van der Waals surface area contributed by atoms with Gasteiger partial charge in [-0.1, -0.05) is 18.2 Å². The summed E-state index contributed by atoms with van der Waals surface area (Å²) in [4.78, 5) is 15.2. The molecule has 14 heavy (non-hydrogen) atoms. The zero-order valence-electron chi connectivity index (χ0n) is 7.84. The summed E-state index contributed by atoms with van der Waals surface area (Å²) in [6.07, 6.45) is 3.41. The van der Waals surface area contributed by atoms with Gasteiger partial charge in [-0.15, -0.1) is 0 Å². The van der Waals surface area contributed by atoms with Crippen LogP contribution in [-0.4, -0.2) is 15.3 Å². The molecule has 0 amide bonds. The van der Waals surface area contributed by atoms with Crippen LogP contribution in [0.5, 0.6) is 0 Å². The Labute approximate surface area is 82.0 Å². The minimum absolute atomic E-state index is 0.0288. The van der Waals surface area contributed by atoms with Crippen molar-refractivity contribution < 1.29 is 4.79 Å². The number of Topliss-reactive ketones (excluding diaryl/α,β-unsaturated/α-hetero) is 1. The van der Waals surface area contributed by atoms with Crippen LogP contribution in [0.2, 0.25) is 0 Å². The molecule has 1 aromatic carbocycles. The summed E-state index contributed by atoms with van der Waals surface area (Å²) in [5, 5.41) is 0. The molecule has 0 saturated heterocycles. The Bertz CT molecular complexity index is 445.